The quantitative estimate of drug-likeness (QED) is 0.474. The molecule has 1 aliphatic rings. The molecule has 1 atom stereocenters. The number of anilines is 1. The van der Waals surface area contributed by atoms with Gasteiger partial charge < -0.3 is 19.7 Å². The van der Waals surface area contributed by atoms with Gasteiger partial charge in [0.05, 0.1) is 0 Å². The number of hydrogen-bond donors (Lipinski definition) is 2. The number of nitrogens with one attached hydrogen (secondary N) is 2. The van der Waals surface area contributed by atoms with Crippen molar-refractivity contribution >= 4 is 27.6 Å². The lowest BCUT2D eigenvalue weighted by Gasteiger charge is -2.25. The molecule has 0 unspecified atom stereocenters. The lowest BCUT2D eigenvalue weighted by molar-refractivity contribution is -0.120. The van der Waals surface area contributed by atoms with Gasteiger partial charge in [0, 0.05) is 24.9 Å². The number of rotatable bonds is 9. The molecule has 2 aromatic rings. The smallest absolute Gasteiger partial charge is 0.329 e. The average molecular weight is 534 g/mol. The standard InChI is InChI=1S/C25H25F2N3O6S/c1-4-5-6-7-16(2)12-20(24(31)30(3)18-9-10-21-22(14-18)36-15-35-21)28-25(32)29-37(33,34)23-11-8-17(26)13-19(23)27/h4-11,13-14,20H,1,12,15H2,2-3H3,(H2,28,29,32)/b6-5-,16-7+/t20-/m0/s1. The van der Waals surface area contributed by atoms with E-state index < -0.39 is 44.5 Å². The van der Waals surface area contributed by atoms with E-state index in [4.69, 9.17) is 9.47 Å². The fourth-order valence-corrected chi connectivity index (χ4v) is 4.38. The molecule has 1 heterocycles. The maximum atomic E-state index is 14.0. The van der Waals surface area contributed by atoms with E-state index in [1.54, 1.807) is 54.1 Å². The van der Waals surface area contributed by atoms with Gasteiger partial charge in [-0.25, -0.2) is 26.7 Å². The summed E-state index contributed by atoms with van der Waals surface area (Å²) in [6.45, 7) is 5.34. The van der Waals surface area contributed by atoms with Gasteiger partial charge >= 0.3 is 6.03 Å². The van der Waals surface area contributed by atoms with Crippen molar-refractivity contribution < 1.29 is 36.3 Å². The van der Waals surface area contributed by atoms with Crippen molar-refractivity contribution in [2.45, 2.75) is 24.3 Å². The molecular formula is C25H25F2N3O6S. The van der Waals surface area contributed by atoms with Gasteiger partial charge in [-0.2, -0.15) is 0 Å². The zero-order chi connectivity index (χ0) is 27.2. The number of nitrogens with zero attached hydrogens (tertiary/aromatic N) is 1. The molecule has 9 nitrogen and oxygen atoms in total. The van der Waals surface area contributed by atoms with E-state index in [-0.39, 0.29) is 13.2 Å². The molecule has 37 heavy (non-hydrogen) atoms. The first-order valence-electron chi connectivity index (χ1n) is 10.9. The van der Waals surface area contributed by atoms with Crippen LogP contribution in [0.15, 0.2) is 77.7 Å². The summed E-state index contributed by atoms with van der Waals surface area (Å²) in [6, 6.07) is 4.18. The maximum Gasteiger partial charge on any atom is 0.329 e. The highest BCUT2D eigenvalue weighted by Gasteiger charge is 2.29. The number of allylic oxidation sites excluding steroid dienone is 4. The Morgan fingerprint density at radius 2 is 1.86 bits per heavy atom. The number of likely N-dealkylation sites (N-methyl/N-ethyl adjacent to an activating group) is 1. The Morgan fingerprint density at radius 1 is 1.14 bits per heavy atom. The topological polar surface area (TPSA) is 114 Å². The summed E-state index contributed by atoms with van der Waals surface area (Å²) < 4.78 is 64.5. The Bertz CT molecular complexity index is 1370. The summed E-state index contributed by atoms with van der Waals surface area (Å²) in [5.41, 5.74) is 1.12. The molecule has 0 radical (unpaired) electrons. The van der Waals surface area contributed by atoms with E-state index in [9.17, 15) is 26.8 Å². The number of fused-ring (bicyclic) bond motifs is 1. The number of amides is 3. The van der Waals surface area contributed by atoms with Crippen molar-refractivity contribution in [3.63, 3.8) is 0 Å². The van der Waals surface area contributed by atoms with Crippen LogP contribution in [0.1, 0.15) is 13.3 Å². The molecule has 0 spiro atoms. The normalized spacial score (nSPS) is 13.8. The number of halogens is 2. The van der Waals surface area contributed by atoms with Crippen molar-refractivity contribution in [3.05, 3.63) is 84.5 Å². The maximum absolute atomic E-state index is 14.0. The Morgan fingerprint density at radius 3 is 2.57 bits per heavy atom. The molecule has 0 aliphatic carbocycles. The molecule has 0 saturated carbocycles. The average Bonchev–Trinajstić information content (AvgIpc) is 3.30. The molecule has 196 valence electrons. The Balaban J connectivity index is 1.82. The second-order valence-corrected chi connectivity index (χ2v) is 9.63. The minimum absolute atomic E-state index is 0.0214. The number of sulfonamides is 1. The SMILES string of the molecule is C=C/C=C\C=C(/C)C[C@H](NC(=O)NS(=O)(=O)c1ccc(F)cc1F)C(=O)N(C)c1ccc2c(c1)OCO2. The van der Waals surface area contributed by atoms with Crippen molar-refractivity contribution in [1.29, 1.82) is 0 Å². The van der Waals surface area contributed by atoms with E-state index in [1.165, 1.54) is 11.9 Å². The Kier molecular flexibility index (Phi) is 8.66. The van der Waals surface area contributed by atoms with Crippen LogP contribution in [0, 0.1) is 11.6 Å². The molecule has 0 bridgehead atoms. The van der Waals surface area contributed by atoms with Crippen LogP contribution in [0.25, 0.3) is 0 Å². The monoisotopic (exact) mass is 533 g/mol. The van der Waals surface area contributed by atoms with Crippen LogP contribution < -0.4 is 24.4 Å². The van der Waals surface area contributed by atoms with Gasteiger partial charge in [0.2, 0.25) is 12.7 Å². The molecule has 0 aromatic heterocycles. The van der Waals surface area contributed by atoms with Crippen LogP contribution in [0.2, 0.25) is 0 Å². The van der Waals surface area contributed by atoms with Crippen LogP contribution in [0.3, 0.4) is 0 Å². The van der Waals surface area contributed by atoms with Crippen LogP contribution in [-0.2, 0) is 14.8 Å². The summed E-state index contributed by atoms with van der Waals surface area (Å²) in [6.07, 6.45) is 6.64. The van der Waals surface area contributed by atoms with Gasteiger partial charge in [-0.15, -0.1) is 0 Å². The zero-order valence-corrected chi connectivity index (χ0v) is 20.8. The second kappa shape index (κ2) is 11.7. The molecule has 0 fully saturated rings. The minimum Gasteiger partial charge on any atom is -0.454 e. The highest BCUT2D eigenvalue weighted by atomic mass is 32.2. The number of hydrogen-bond acceptors (Lipinski definition) is 6. The molecule has 2 N–H and O–H groups in total. The summed E-state index contributed by atoms with van der Waals surface area (Å²) >= 11 is 0. The fraction of sp³-hybridized carbons (Fsp3) is 0.200. The third-order valence-corrected chi connectivity index (χ3v) is 6.61. The zero-order valence-electron chi connectivity index (χ0n) is 20.0. The van der Waals surface area contributed by atoms with Crippen molar-refractivity contribution in [2.24, 2.45) is 0 Å². The first-order chi connectivity index (χ1) is 17.5. The fourth-order valence-electron chi connectivity index (χ4n) is 3.40. The predicted molar refractivity (Wildman–Crippen MR) is 133 cm³/mol. The number of carbonyl (C=O) groups excluding carboxylic acids is 2. The summed E-state index contributed by atoms with van der Waals surface area (Å²) in [4.78, 5) is 26.3. The van der Waals surface area contributed by atoms with Gasteiger partial charge in [0.25, 0.3) is 10.0 Å². The molecule has 3 amide bonds. The molecule has 3 rings (SSSR count). The van der Waals surface area contributed by atoms with E-state index >= 15 is 0 Å². The first-order valence-corrected chi connectivity index (χ1v) is 12.4. The van der Waals surface area contributed by atoms with Gasteiger partial charge in [-0.05, 0) is 37.6 Å². The molecule has 1 aliphatic heterocycles. The van der Waals surface area contributed by atoms with E-state index in [0.717, 1.165) is 6.07 Å². The summed E-state index contributed by atoms with van der Waals surface area (Å²) in [5.74, 6) is -1.96. The van der Waals surface area contributed by atoms with Gasteiger partial charge in [-0.1, -0.05) is 36.5 Å². The number of ether oxygens (including phenoxy) is 2. The van der Waals surface area contributed by atoms with Crippen LogP contribution in [0.4, 0.5) is 19.3 Å². The lowest BCUT2D eigenvalue weighted by Crippen LogP contribution is -2.51. The number of carbonyl (C=O) groups is 2. The second-order valence-electron chi connectivity index (χ2n) is 7.98. The first kappa shape index (κ1) is 27.4. The van der Waals surface area contributed by atoms with E-state index in [1.807, 2.05) is 0 Å². The predicted octanol–water partition coefficient (Wildman–Crippen LogP) is 3.79. The van der Waals surface area contributed by atoms with Crippen LogP contribution in [-0.4, -0.2) is 40.2 Å². The van der Waals surface area contributed by atoms with Crippen molar-refractivity contribution in [1.82, 2.24) is 10.0 Å². The van der Waals surface area contributed by atoms with Crippen LogP contribution >= 0.6 is 0 Å². The highest BCUT2D eigenvalue weighted by Crippen LogP contribution is 2.35. The number of urea groups is 1. The minimum atomic E-state index is -4.70. The Hall–Kier alpha value is -4.19. The summed E-state index contributed by atoms with van der Waals surface area (Å²) in [7, 11) is -3.22. The Labute approximate surface area is 213 Å². The number of benzene rings is 2. The van der Waals surface area contributed by atoms with E-state index in [2.05, 4.69) is 11.9 Å². The van der Waals surface area contributed by atoms with Gasteiger partial charge in [0.15, 0.2) is 11.5 Å². The highest BCUT2D eigenvalue weighted by molar-refractivity contribution is 7.90. The van der Waals surface area contributed by atoms with Gasteiger partial charge in [-0.3, -0.25) is 4.79 Å². The molecule has 0 saturated heterocycles. The lowest BCUT2D eigenvalue weighted by atomic mass is 10.1. The third-order valence-electron chi connectivity index (χ3n) is 5.24. The van der Waals surface area contributed by atoms with Gasteiger partial charge in [0.1, 0.15) is 22.6 Å². The third kappa shape index (κ3) is 6.94. The molecular weight excluding hydrogens is 508 g/mol. The summed E-state index contributed by atoms with van der Waals surface area (Å²) in [5, 5.41) is 2.34. The van der Waals surface area contributed by atoms with Crippen LogP contribution in [0.5, 0.6) is 11.5 Å². The largest absolute Gasteiger partial charge is 0.454 e. The molecule has 12 heteroatoms. The van der Waals surface area contributed by atoms with Crippen molar-refractivity contribution in [3.8, 4) is 11.5 Å². The van der Waals surface area contributed by atoms with Crippen molar-refractivity contribution in [2.75, 3.05) is 18.7 Å². The van der Waals surface area contributed by atoms with E-state index in [0.29, 0.717) is 34.9 Å². The molecule has 2 aromatic carbocycles.